The molecule has 0 unspecified atom stereocenters. The van der Waals surface area contributed by atoms with Gasteiger partial charge in [0.05, 0.1) is 0 Å². The fourth-order valence-corrected chi connectivity index (χ4v) is 3.30. The summed E-state index contributed by atoms with van der Waals surface area (Å²) in [5.74, 6) is 2.46. The van der Waals surface area contributed by atoms with Crippen LogP contribution in [-0.4, -0.2) is 43.5 Å². The Morgan fingerprint density at radius 1 is 1.06 bits per heavy atom. The molecule has 108 valence electrons. The summed E-state index contributed by atoms with van der Waals surface area (Å²) in [4.78, 5) is 2.65. The molecule has 0 amide bonds. The summed E-state index contributed by atoms with van der Waals surface area (Å²) in [5.41, 5.74) is 0.380. The highest BCUT2D eigenvalue weighted by Crippen LogP contribution is 2.33. The average Bonchev–Trinajstić information content (AvgIpc) is 2.28. The van der Waals surface area contributed by atoms with Crippen LogP contribution < -0.4 is 0 Å². The molecule has 1 rings (SSSR count). The van der Waals surface area contributed by atoms with Gasteiger partial charge in [0.1, 0.15) is 0 Å². The molecule has 0 atom stereocenters. The van der Waals surface area contributed by atoms with Crippen LogP contribution >= 0.6 is 12.6 Å². The highest BCUT2D eigenvalue weighted by molar-refractivity contribution is 7.80. The smallest absolute Gasteiger partial charge is 0.0472 e. The van der Waals surface area contributed by atoms with Crippen LogP contribution in [-0.2, 0) is 4.74 Å². The molecule has 0 N–H and O–H groups in total. The van der Waals surface area contributed by atoms with Gasteiger partial charge in [0, 0.05) is 32.8 Å². The van der Waals surface area contributed by atoms with Gasteiger partial charge < -0.3 is 9.64 Å². The molecule has 0 aromatic carbocycles. The van der Waals surface area contributed by atoms with E-state index in [0.717, 1.165) is 30.8 Å². The Morgan fingerprint density at radius 2 is 1.56 bits per heavy atom. The topological polar surface area (TPSA) is 12.5 Å². The molecular formula is C15H31NOS. The number of rotatable bonds is 7. The Kier molecular flexibility index (Phi) is 7.04. The van der Waals surface area contributed by atoms with Gasteiger partial charge in [-0.1, -0.05) is 27.7 Å². The van der Waals surface area contributed by atoms with E-state index in [-0.39, 0.29) is 0 Å². The van der Waals surface area contributed by atoms with Gasteiger partial charge in [0.15, 0.2) is 0 Å². The molecule has 1 aliphatic rings. The van der Waals surface area contributed by atoms with Crippen LogP contribution in [0.15, 0.2) is 0 Å². The first-order valence-electron chi connectivity index (χ1n) is 7.38. The highest BCUT2D eigenvalue weighted by atomic mass is 32.1. The van der Waals surface area contributed by atoms with Gasteiger partial charge in [0.2, 0.25) is 0 Å². The molecule has 0 aliphatic carbocycles. The quantitative estimate of drug-likeness (QED) is 0.714. The van der Waals surface area contributed by atoms with Crippen molar-refractivity contribution >= 4 is 12.6 Å². The molecule has 0 saturated carbocycles. The molecule has 0 bridgehead atoms. The standard InChI is InChI=1S/C15H31NOS/c1-13(2)9-16(10-14(3)4)11-15(12-18)5-7-17-8-6-15/h13-14,18H,5-12H2,1-4H3. The van der Waals surface area contributed by atoms with Gasteiger partial charge >= 0.3 is 0 Å². The summed E-state index contributed by atoms with van der Waals surface area (Å²) < 4.78 is 5.52. The van der Waals surface area contributed by atoms with Gasteiger partial charge in [-0.15, -0.1) is 0 Å². The van der Waals surface area contributed by atoms with Crippen molar-refractivity contribution in [2.45, 2.75) is 40.5 Å². The first kappa shape index (κ1) is 16.3. The largest absolute Gasteiger partial charge is 0.381 e. The molecule has 1 fully saturated rings. The Balaban J connectivity index is 2.60. The molecule has 1 aliphatic heterocycles. The lowest BCUT2D eigenvalue weighted by Gasteiger charge is -2.41. The van der Waals surface area contributed by atoms with E-state index >= 15 is 0 Å². The van der Waals surface area contributed by atoms with E-state index in [1.165, 1.54) is 32.5 Å². The van der Waals surface area contributed by atoms with Crippen molar-refractivity contribution < 1.29 is 4.74 Å². The Morgan fingerprint density at radius 3 is 1.94 bits per heavy atom. The van der Waals surface area contributed by atoms with E-state index in [2.05, 4.69) is 45.2 Å². The summed E-state index contributed by atoms with van der Waals surface area (Å²) in [5, 5.41) is 0. The fraction of sp³-hybridized carbons (Fsp3) is 1.00. The van der Waals surface area contributed by atoms with Crippen LogP contribution in [0.2, 0.25) is 0 Å². The van der Waals surface area contributed by atoms with Crippen LogP contribution in [0, 0.1) is 17.3 Å². The van der Waals surface area contributed by atoms with Crippen molar-refractivity contribution in [3.05, 3.63) is 0 Å². The zero-order chi connectivity index (χ0) is 13.6. The number of hydrogen-bond donors (Lipinski definition) is 1. The molecule has 0 aromatic rings. The zero-order valence-electron chi connectivity index (χ0n) is 12.6. The number of ether oxygens (including phenoxy) is 1. The molecule has 0 spiro atoms. The minimum Gasteiger partial charge on any atom is -0.381 e. The van der Waals surface area contributed by atoms with Crippen molar-refractivity contribution in [1.29, 1.82) is 0 Å². The van der Waals surface area contributed by atoms with Crippen LogP contribution in [0.4, 0.5) is 0 Å². The lowest BCUT2D eigenvalue weighted by atomic mass is 9.81. The van der Waals surface area contributed by atoms with E-state index in [1.807, 2.05) is 0 Å². The van der Waals surface area contributed by atoms with Crippen molar-refractivity contribution in [3.63, 3.8) is 0 Å². The third-order valence-corrected chi connectivity index (χ3v) is 4.37. The molecule has 2 nitrogen and oxygen atoms in total. The minimum absolute atomic E-state index is 0.380. The zero-order valence-corrected chi connectivity index (χ0v) is 13.5. The molecule has 0 aromatic heterocycles. The highest BCUT2D eigenvalue weighted by Gasteiger charge is 2.33. The van der Waals surface area contributed by atoms with E-state index < -0.39 is 0 Å². The molecule has 18 heavy (non-hydrogen) atoms. The second kappa shape index (κ2) is 7.76. The lowest BCUT2D eigenvalue weighted by Crippen LogP contribution is -2.45. The summed E-state index contributed by atoms with van der Waals surface area (Å²) >= 11 is 4.62. The van der Waals surface area contributed by atoms with Gasteiger partial charge in [-0.25, -0.2) is 0 Å². The Hall–Kier alpha value is 0.270. The second-order valence-electron chi connectivity index (χ2n) is 6.75. The maximum Gasteiger partial charge on any atom is 0.0472 e. The first-order valence-corrected chi connectivity index (χ1v) is 8.01. The van der Waals surface area contributed by atoms with E-state index in [4.69, 9.17) is 4.74 Å². The van der Waals surface area contributed by atoms with Crippen LogP contribution in [0.25, 0.3) is 0 Å². The number of thiol groups is 1. The molecule has 0 radical (unpaired) electrons. The molecule has 3 heteroatoms. The molecule has 1 heterocycles. The normalized spacial score (nSPS) is 20.0. The van der Waals surface area contributed by atoms with Gasteiger partial charge in [0.25, 0.3) is 0 Å². The third-order valence-electron chi connectivity index (χ3n) is 3.69. The van der Waals surface area contributed by atoms with Crippen LogP contribution in [0.5, 0.6) is 0 Å². The van der Waals surface area contributed by atoms with Crippen LogP contribution in [0.3, 0.4) is 0 Å². The minimum atomic E-state index is 0.380. The van der Waals surface area contributed by atoms with E-state index in [9.17, 15) is 0 Å². The van der Waals surface area contributed by atoms with Crippen molar-refractivity contribution in [1.82, 2.24) is 4.90 Å². The van der Waals surface area contributed by atoms with Crippen LogP contribution in [0.1, 0.15) is 40.5 Å². The summed E-state index contributed by atoms with van der Waals surface area (Å²) in [6, 6.07) is 0. The number of nitrogens with zero attached hydrogens (tertiary/aromatic N) is 1. The molecular weight excluding hydrogens is 242 g/mol. The number of hydrogen-bond acceptors (Lipinski definition) is 3. The van der Waals surface area contributed by atoms with E-state index in [0.29, 0.717) is 5.41 Å². The third kappa shape index (κ3) is 5.50. The first-order chi connectivity index (χ1) is 8.47. The maximum absolute atomic E-state index is 5.52. The van der Waals surface area contributed by atoms with Gasteiger partial charge in [-0.05, 0) is 35.8 Å². The summed E-state index contributed by atoms with van der Waals surface area (Å²) in [6.45, 7) is 14.7. The fourth-order valence-electron chi connectivity index (χ4n) is 2.88. The average molecular weight is 273 g/mol. The van der Waals surface area contributed by atoms with Crippen molar-refractivity contribution in [2.75, 3.05) is 38.6 Å². The van der Waals surface area contributed by atoms with Crippen molar-refractivity contribution in [3.8, 4) is 0 Å². The SMILES string of the molecule is CC(C)CN(CC(C)C)CC1(CS)CCOCC1. The predicted molar refractivity (Wildman–Crippen MR) is 82.5 cm³/mol. The maximum atomic E-state index is 5.52. The van der Waals surface area contributed by atoms with E-state index in [1.54, 1.807) is 0 Å². The Labute approximate surface area is 119 Å². The lowest BCUT2D eigenvalue weighted by molar-refractivity contribution is 0.00423. The van der Waals surface area contributed by atoms with Gasteiger partial charge in [-0.2, -0.15) is 12.6 Å². The summed E-state index contributed by atoms with van der Waals surface area (Å²) in [6.07, 6.45) is 2.34. The second-order valence-corrected chi connectivity index (χ2v) is 7.07. The predicted octanol–water partition coefficient (Wildman–Crippen LogP) is 3.33. The van der Waals surface area contributed by atoms with Crippen molar-refractivity contribution in [2.24, 2.45) is 17.3 Å². The Bertz CT molecular complexity index is 215. The molecule has 1 saturated heterocycles. The van der Waals surface area contributed by atoms with Gasteiger partial charge in [-0.3, -0.25) is 0 Å². The summed E-state index contributed by atoms with van der Waals surface area (Å²) in [7, 11) is 0. The monoisotopic (exact) mass is 273 g/mol.